The van der Waals surface area contributed by atoms with Crippen LogP contribution >= 0.6 is 0 Å². The Bertz CT molecular complexity index is 652. The van der Waals surface area contributed by atoms with E-state index in [4.69, 9.17) is 4.74 Å². The molecule has 4 heteroatoms. The first-order chi connectivity index (χ1) is 10.8. The van der Waals surface area contributed by atoms with Crippen LogP contribution in [0, 0.1) is 0 Å². The van der Waals surface area contributed by atoms with Crippen molar-refractivity contribution in [1.82, 2.24) is 5.32 Å². The third-order valence-corrected chi connectivity index (χ3v) is 3.88. The molecule has 0 bridgehead atoms. The quantitative estimate of drug-likeness (QED) is 0.912. The van der Waals surface area contributed by atoms with Crippen LogP contribution in [0.4, 0.5) is 5.69 Å². The van der Waals surface area contributed by atoms with Crippen LogP contribution in [0.3, 0.4) is 0 Å². The molecule has 2 N–H and O–H groups in total. The summed E-state index contributed by atoms with van der Waals surface area (Å²) in [4.78, 5) is 12.6. The van der Waals surface area contributed by atoms with Crippen LogP contribution in [0.25, 0.3) is 0 Å². The second-order valence-electron chi connectivity index (χ2n) is 5.44. The Morgan fingerprint density at radius 2 is 1.95 bits per heavy atom. The van der Waals surface area contributed by atoms with Crippen LogP contribution < -0.4 is 15.4 Å². The highest BCUT2D eigenvalue weighted by Gasteiger charge is 2.27. The number of hydrogen-bond donors (Lipinski definition) is 2. The first-order valence-corrected chi connectivity index (χ1v) is 7.54. The van der Waals surface area contributed by atoms with Crippen molar-refractivity contribution in [3.63, 3.8) is 0 Å². The van der Waals surface area contributed by atoms with Crippen LogP contribution in [-0.4, -0.2) is 19.6 Å². The minimum absolute atomic E-state index is 0.0251. The molecule has 4 nitrogen and oxygen atoms in total. The molecule has 1 atom stereocenters. The lowest BCUT2D eigenvalue weighted by molar-refractivity contribution is -0.118. The first kappa shape index (κ1) is 14.6. The van der Waals surface area contributed by atoms with Gasteiger partial charge in [0.2, 0.25) is 5.91 Å². The largest absolute Gasteiger partial charge is 0.493 e. The molecule has 0 fully saturated rings. The topological polar surface area (TPSA) is 50.4 Å². The molecule has 0 aromatic heterocycles. The number of carbonyl (C=O) groups is 1. The average Bonchev–Trinajstić information content (AvgIpc) is 2.56. The average molecular weight is 296 g/mol. The van der Waals surface area contributed by atoms with Gasteiger partial charge in [-0.2, -0.15) is 0 Å². The highest BCUT2D eigenvalue weighted by atomic mass is 16.5. The Morgan fingerprint density at radius 3 is 2.73 bits per heavy atom. The number of para-hydroxylation sites is 1. The fourth-order valence-electron chi connectivity index (χ4n) is 2.75. The maximum atomic E-state index is 12.6. The van der Waals surface area contributed by atoms with Crippen LogP contribution in [0.1, 0.15) is 23.5 Å². The number of nitrogens with one attached hydrogen (secondary N) is 2. The summed E-state index contributed by atoms with van der Waals surface area (Å²) in [5.74, 6) is 0.692. The molecule has 0 saturated heterocycles. The van der Waals surface area contributed by atoms with Gasteiger partial charge in [-0.25, -0.2) is 0 Å². The molecule has 0 aliphatic carbocycles. The van der Waals surface area contributed by atoms with E-state index in [0.717, 1.165) is 23.5 Å². The van der Waals surface area contributed by atoms with Crippen LogP contribution in [0.15, 0.2) is 48.5 Å². The molecule has 22 heavy (non-hydrogen) atoms. The van der Waals surface area contributed by atoms with Crippen molar-refractivity contribution in [3.05, 3.63) is 59.7 Å². The SMILES string of the molecule is CNCc1ccc(NC(=O)C2CCOc3ccccc32)cc1. The molecule has 2 aromatic rings. The van der Waals surface area contributed by atoms with Gasteiger partial charge in [-0.15, -0.1) is 0 Å². The van der Waals surface area contributed by atoms with E-state index < -0.39 is 0 Å². The summed E-state index contributed by atoms with van der Waals surface area (Å²) < 4.78 is 5.61. The summed E-state index contributed by atoms with van der Waals surface area (Å²) in [5.41, 5.74) is 2.99. The van der Waals surface area contributed by atoms with E-state index in [2.05, 4.69) is 10.6 Å². The molecule has 0 spiro atoms. The zero-order chi connectivity index (χ0) is 15.4. The van der Waals surface area contributed by atoms with Crippen molar-refractivity contribution < 1.29 is 9.53 Å². The van der Waals surface area contributed by atoms with Gasteiger partial charge < -0.3 is 15.4 Å². The van der Waals surface area contributed by atoms with Gasteiger partial charge >= 0.3 is 0 Å². The summed E-state index contributed by atoms with van der Waals surface area (Å²) in [6.07, 6.45) is 0.709. The monoisotopic (exact) mass is 296 g/mol. The number of fused-ring (bicyclic) bond motifs is 1. The van der Waals surface area contributed by atoms with Gasteiger partial charge in [-0.3, -0.25) is 4.79 Å². The van der Waals surface area contributed by atoms with Crippen molar-refractivity contribution in [3.8, 4) is 5.75 Å². The normalized spacial score (nSPS) is 16.5. The Kier molecular flexibility index (Phi) is 4.39. The highest BCUT2D eigenvalue weighted by molar-refractivity contribution is 5.96. The van der Waals surface area contributed by atoms with Crippen molar-refractivity contribution in [1.29, 1.82) is 0 Å². The smallest absolute Gasteiger partial charge is 0.232 e. The van der Waals surface area contributed by atoms with Gasteiger partial charge in [0.15, 0.2) is 0 Å². The standard InChI is InChI=1S/C18H20N2O2/c1-19-12-13-6-8-14(9-7-13)20-18(21)16-10-11-22-17-5-3-2-4-15(16)17/h2-9,16,19H,10-12H2,1H3,(H,20,21). The second-order valence-corrected chi connectivity index (χ2v) is 5.44. The number of carbonyl (C=O) groups excluding carboxylic acids is 1. The third kappa shape index (κ3) is 3.12. The maximum absolute atomic E-state index is 12.6. The minimum atomic E-state index is -0.151. The molecule has 2 aromatic carbocycles. The van der Waals surface area contributed by atoms with E-state index in [1.165, 1.54) is 5.56 Å². The van der Waals surface area contributed by atoms with Crippen LogP contribution in [-0.2, 0) is 11.3 Å². The molecule has 1 heterocycles. The molecule has 1 aliphatic heterocycles. The first-order valence-electron chi connectivity index (χ1n) is 7.54. The van der Waals surface area contributed by atoms with Gasteiger partial charge in [0, 0.05) is 17.8 Å². The number of anilines is 1. The summed E-state index contributed by atoms with van der Waals surface area (Å²) >= 11 is 0. The fraction of sp³-hybridized carbons (Fsp3) is 0.278. The zero-order valence-corrected chi connectivity index (χ0v) is 12.6. The van der Waals surface area contributed by atoms with Crippen molar-refractivity contribution >= 4 is 11.6 Å². The maximum Gasteiger partial charge on any atom is 0.232 e. The van der Waals surface area contributed by atoms with E-state index in [0.29, 0.717) is 13.0 Å². The molecule has 0 radical (unpaired) electrons. The Hall–Kier alpha value is -2.33. The van der Waals surface area contributed by atoms with E-state index in [1.54, 1.807) is 0 Å². The summed E-state index contributed by atoms with van der Waals surface area (Å²) in [5, 5.41) is 6.11. The van der Waals surface area contributed by atoms with Gasteiger partial charge in [0.05, 0.1) is 12.5 Å². The molecule has 1 amide bonds. The number of rotatable bonds is 4. The summed E-state index contributed by atoms with van der Waals surface area (Å²) in [7, 11) is 1.91. The molecule has 3 rings (SSSR count). The van der Waals surface area contributed by atoms with E-state index in [-0.39, 0.29) is 11.8 Å². The highest BCUT2D eigenvalue weighted by Crippen LogP contribution is 2.34. The Morgan fingerprint density at radius 1 is 1.18 bits per heavy atom. The van der Waals surface area contributed by atoms with E-state index in [1.807, 2.05) is 55.6 Å². The van der Waals surface area contributed by atoms with E-state index >= 15 is 0 Å². The Labute approximate surface area is 130 Å². The second kappa shape index (κ2) is 6.62. The van der Waals surface area contributed by atoms with Crippen molar-refractivity contribution in [2.45, 2.75) is 18.9 Å². The van der Waals surface area contributed by atoms with Gasteiger partial charge in [-0.05, 0) is 37.2 Å². The van der Waals surface area contributed by atoms with Crippen molar-refractivity contribution in [2.24, 2.45) is 0 Å². The zero-order valence-electron chi connectivity index (χ0n) is 12.6. The molecule has 1 aliphatic rings. The van der Waals surface area contributed by atoms with Crippen LogP contribution in [0.5, 0.6) is 5.75 Å². The summed E-state index contributed by atoms with van der Waals surface area (Å²) in [6, 6.07) is 15.7. The van der Waals surface area contributed by atoms with Gasteiger partial charge in [0.25, 0.3) is 0 Å². The van der Waals surface area contributed by atoms with Crippen molar-refractivity contribution in [2.75, 3.05) is 19.0 Å². The molecule has 1 unspecified atom stereocenters. The lowest BCUT2D eigenvalue weighted by atomic mass is 9.92. The number of ether oxygens (including phenoxy) is 1. The minimum Gasteiger partial charge on any atom is -0.493 e. The lowest BCUT2D eigenvalue weighted by Gasteiger charge is -2.25. The molecular formula is C18H20N2O2. The van der Waals surface area contributed by atoms with Gasteiger partial charge in [-0.1, -0.05) is 30.3 Å². The molecular weight excluding hydrogens is 276 g/mol. The summed E-state index contributed by atoms with van der Waals surface area (Å²) in [6.45, 7) is 1.40. The Balaban J connectivity index is 1.72. The molecule has 0 saturated carbocycles. The predicted octanol–water partition coefficient (Wildman–Crippen LogP) is 2.91. The number of amides is 1. The van der Waals surface area contributed by atoms with Gasteiger partial charge in [0.1, 0.15) is 5.75 Å². The number of hydrogen-bond acceptors (Lipinski definition) is 3. The van der Waals surface area contributed by atoms with Crippen LogP contribution in [0.2, 0.25) is 0 Å². The molecule has 114 valence electrons. The fourth-order valence-corrected chi connectivity index (χ4v) is 2.75. The number of benzene rings is 2. The predicted molar refractivity (Wildman–Crippen MR) is 87.1 cm³/mol. The lowest BCUT2D eigenvalue weighted by Crippen LogP contribution is -2.26. The third-order valence-electron chi connectivity index (χ3n) is 3.88. The van der Waals surface area contributed by atoms with E-state index in [9.17, 15) is 4.79 Å².